The molecule has 98 valence electrons. The first-order valence-corrected chi connectivity index (χ1v) is 7.14. The summed E-state index contributed by atoms with van der Waals surface area (Å²) in [5, 5.41) is 3.49. The van der Waals surface area contributed by atoms with Crippen LogP contribution >= 0.6 is 0 Å². The van der Waals surface area contributed by atoms with Crippen LogP contribution in [0, 0.1) is 5.92 Å². The Morgan fingerprint density at radius 3 is 2.94 bits per heavy atom. The van der Waals surface area contributed by atoms with E-state index < -0.39 is 0 Å². The van der Waals surface area contributed by atoms with Crippen molar-refractivity contribution < 1.29 is 0 Å². The molecule has 1 aromatic rings. The highest BCUT2D eigenvalue weighted by Crippen LogP contribution is 2.24. The summed E-state index contributed by atoms with van der Waals surface area (Å²) >= 11 is 0. The van der Waals surface area contributed by atoms with Crippen LogP contribution in [0.5, 0.6) is 0 Å². The minimum atomic E-state index is 0.728. The van der Waals surface area contributed by atoms with Gasteiger partial charge in [-0.15, -0.1) is 0 Å². The predicted molar refractivity (Wildman–Crippen MR) is 72.5 cm³/mol. The molecule has 0 bridgehead atoms. The van der Waals surface area contributed by atoms with Crippen molar-refractivity contribution in [3.63, 3.8) is 0 Å². The summed E-state index contributed by atoms with van der Waals surface area (Å²) in [5.41, 5.74) is 1.07. The topological polar surface area (TPSA) is 41.1 Å². The highest BCUT2D eigenvalue weighted by molar-refractivity contribution is 5.37. The van der Waals surface area contributed by atoms with Crippen molar-refractivity contribution in [1.82, 2.24) is 15.3 Å². The van der Waals surface area contributed by atoms with Gasteiger partial charge in [0.05, 0.1) is 11.9 Å². The first kappa shape index (κ1) is 11.9. The number of rotatable bonds is 5. The quantitative estimate of drug-likeness (QED) is 0.862. The van der Waals surface area contributed by atoms with Gasteiger partial charge in [-0.2, -0.15) is 0 Å². The zero-order valence-electron chi connectivity index (χ0n) is 11.1. The molecule has 1 unspecified atom stereocenters. The third kappa shape index (κ3) is 2.80. The molecule has 2 heterocycles. The summed E-state index contributed by atoms with van der Waals surface area (Å²) in [7, 11) is 0. The molecule has 3 rings (SSSR count). The van der Waals surface area contributed by atoms with Gasteiger partial charge < -0.3 is 10.2 Å². The highest BCUT2D eigenvalue weighted by Gasteiger charge is 2.23. The Morgan fingerprint density at radius 1 is 1.33 bits per heavy atom. The molecule has 4 nitrogen and oxygen atoms in total. The third-order valence-electron chi connectivity index (χ3n) is 4.01. The van der Waals surface area contributed by atoms with E-state index >= 15 is 0 Å². The average Bonchev–Trinajstić information content (AvgIpc) is 3.12. The summed E-state index contributed by atoms with van der Waals surface area (Å²) in [6, 6.07) is 0.728. The standard InChI is InChI=1S/C14H22N4/c1-2-11-5-6-18(10-11)14-9-15-7-13(17-14)8-16-12-3-4-12/h7,9,11-12,16H,2-6,8,10H2,1H3. The van der Waals surface area contributed by atoms with Gasteiger partial charge in [-0.3, -0.25) is 4.98 Å². The largest absolute Gasteiger partial charge is 0.355 e. The molecule has 1 saturated carbocycles. The average molecular weight is 246 g/mol. The van der Waals surface area contributed by atoms with Crippen LogP contribution in [0.4, 0.5) is 5.82 Å². The molecule has 0 spiro atoms. The SMILES string of the molecule is CCC1CCN(c2cncc(CNC3CC3)n2)C1. The van der Waals surface area contributed by atoms with Crippen LogP contribution in [0.3, 0.4) is 0 Å². The first-order chi connectivity index (χ1) is 8.85. The summed E-state index contributed by atoms with van der Waals surface area (Å²) in [5.74, 6) is 1.89. The van der Waals surface area contributed by atoms with Crippen LogP contribution in [0.1, 0.15) is 38.3 Å². The van der Waals surface area contributed by atoms with Crippen LogP contribution in [0.25, 0.3) is 0 Å². The summed E-state index contributed by atoms with van der Waals surface area (Å²) in [6.07, 6.45) is 8.98. The minimum absolute atomic E-state index is 0.728. The fourth-order valence-electron chi connectivity index (χ4n) is 2.54. The van der Waals surface area contributed by atoms with Crippen LogP contribution in [0.2, 0.25) is 0 Å². The van der Waals surface area contributed by atoms with E-state index in [-0.39, 0.29) is 0 Å². The van der Waals surface area contributed by atoms with E-state index in [2.05, 4.69) is 22.1 Å². The molecule has 1 aliphatic carbocycles. The van der Waals surface area contributed by atoms with E-state index in [0.717, 1.165) is 43.1 Å². The number of nitrogens with one attached hydrogen (secondary N) is 1. The Balaban J connectivity index is 1.62. The van der Waals surface area contributed by atoms with Gasteiger partial charge in [0.1, 0.15) is 5.82 Å². The second-order valence-electron chi connectivity index (χ2n) is 5.53. The van der Waals surface area contributed by atoms with Gasteiger partial charge in [0, 0.05) is 31.9 Å². The Kier molecular flexibility index (Phi) is 3.46. The summed E-state index contributed by atoms with van der Waals surface area (Å²) < 4.78 is 0. The van der Waals surface area contributed by atoms with Crippen LogP contribution < -0.4 is 10.2 Å². The third-order valence-corrected chi connectivity index (χ3v) is 4.01. The van der Waals surface area contributed by atoms with Crippen molar-refractivity contribution in [2.24, 2.45) is 5.92 Å². The Bertz CT molecular complexity index is 403. The fourth-order valence-corrected chi connectivity index (χ4v) is 2.54. The number of anilines is 1. The normalized spacial score (nSPS) is 23.6. The Morgan fingerprint density at radius 2 is 2.22 bits per heavy atom. The molecule has 2 aliphatic rings. The molecular weight excluding hydrogens is 224 g/mol. The molecule has 1 saturated heterocycles. The Hall–Kier alpha value is -1.16. The summed E-state index contributed by atoms with van der Waals surface area (Å²) in [6.45, 7) is 5.41. The second-order valence-corrected chi connectivity index (χ2v) is 5.53. The van der Waals surface area contributed by atoms with Gasteiger partial charge in [0.2, 0.25) is 0 Å². The van der Waals surface area contributed by atoms with E-state index in [0.29, 0.717) is 0 Å². The number of nitrogens with zero attached hydrogens (tertiary/aromatic N) is 3. The predicted octanol–water partition coefficient (Wildman–Crippen LogP) is 1.96. The fraction of sp³-hybridized carbons (Fsp3) is 0.714. The maximum absolute atomic E-state index is 4.72. The van der Waals surface area contributed by atoms with Gasteiger partial charge in [-0.25, -0.2) is 4.98 Å². The molecule has 1 N–H and O–H groups in total. The van der Waals surface area contributed by atoms with Gasteiger partial charge in [0.25, 0.3) is 0 Å². The van der Waals surface area contributed by atoms with Crippen LogP contribution in [0.15, 0.2) is 12.4 Å². The zero-order valence-corrected chi connectivity index (χ0v) is 11.1. The van der Waals surface area contributed by atoms with Crippen molar-refractivity contribution in [2.75, 3.05) is 18.0 Å². The lowest BCUT2D eigenvalue weighted by Crippen LogP contribution is -2.22. The molecule has 0 amide bonds. The number of hydrogen-bond donors (Lipinski definition) is 1. The number of aromatic nitrogens is 2. The van der Waals surface area contributed by atoms with Crippen molar-refractivity contribution in [2.45, 2.75) is 45.2 Å². The maximum Gasteiger partial charge on any atom is 0.147 e. The molecule has 4 heteroatoms. The lowest BCUT2D eigenvalue weighted by atomic mass is 10.1. The van der Waals surface area contributed by atoms with Crippen LogP contribution in [-0.2, 0) is 6.54 Å². The zero-order chi connectivity index (χ0) is 12.4. The van der Waals surface area contributed by atoms with Crippen molar-refractivity contribution in [1.29, 1.82) is 0 Å². The van der Waals surface area contributed by atoms with Crippen molar-refractivity contribution >= 4 is 5.82 Å². The molecule has 0 aromatic carbocycles. The smallest absolute Gasteiger partial charge is 0.147 e. The summed E-state index contributed by atoms with van der Waals surface area (Å²) in [4.78, 5) is 11.4. The highest BCUT2D eigenvalue weighted by atomic mass is 15.2. The van der Waals surface area contributed by atoms with E-state index in [9.17, 15) is 0 Å². The molecule has 2 fully saturated rings. The van der Waals surface area contributed by atoms with Crippen molar-refractivity contribution in [3.8, 4) is 0 Å². The molecule has 0 radical (unpaired) electrons. The minimum Gasteiger partial charge on any atom is -0.355 e. The van der Waals surface area contributed by atoms with Gasteiger partial charge in [0.15, 0.2) is 0 Å². The molecule has 1 atom stereocenters. The first-order valence-electron chi connectivity index (χ1n) is 7.14. The Labute approximate surface area is 109 Å². The monoisotopic (exact) mass is 246 g/mol. The lowest BCUT2D eigenvalue weighted by Gasteiger charge is -2.17. The van der Waals surface area contributed by atoms with E-state index in [1.807, 2.05) is 12.4 Å². The van der Waals surface area contributed by atoms with E-state index in [1.54, 1.807) is 0 Å². The van der Waals surface area contributed by atoms with E-state index in [1.165, 1.54) is 25.7 Å². The molecule has 1 aliphatic heterocycles. The molecule has 18 heavy (non-hydrogen) atoms. The lowest BCUT2D eigenvalue weighted by molar-refractivity contribution is 0.568. The van der Waals surface area contributed by atoms with Gasteiger partial charge >= 0.3 is 0 Å². The van der Waals surface area contributed by atoms with Gasteiger partial charge in [-0.1, -0.05) is 13.3 Å². The van der Waals surface area contributed by atoms with Gasteiger partial charge in [-0.05, 0) is 25.2 Å². The molecular formula is C14H22N4. The number of hydrogen-bond acceptors (Lipinski definition) is 4. The molecule has 1 aromatic heterocycles. The maximum atomic E-state index is 4.72. The van der Waals surface area contributed by atoms with Crippen molar-refractivity contribution in [3.05, 3.63) is 18.1 Å². The second kappa shape index (κ2) is 5.22. The van der Waals surface area contributed by atoms with Crippen LogP contribution in [-0.4, -0.2) is 29.1 Å². The van der Waals surface area contributed by atoms with E-state index in [4.69, 9.17) is 4.98 Å².